The monoisotopic (exact) mass is 233 g/mol. The Bertz CT molecular complexity index is 393. The number of likely N-dealkylation sites (tertiary alicyclic amines) is 1. The second kappa shape index (κ2) is 4.85. The van der Waals surface area contributed by atoms with Crippen LogP contribution in [0.5, 0.6) is 0 Å². The molecule has 1 saturated heterocycles. The van der Waals surface area contributed by atoms with Crippen LogP contribution in [0.2, 0.25) is 0 Å². The van der Waals surface area contributed by atoms with E-state index in [1.165, 1.54) is 5.56 Å². The van der Waals surface area contributed by atoms with Gasteiger partial charge in [0.1, 0.15) is 5.54 Å². The fourth-order valence-electron chi connectivity index (χ4n) is 2.39. The summed E-state index contributed by atoms with van der Waals surface area (Å²) in [6, 6.07) is 10.3. The molecule has 1 aromatic carbocycles. The number of hydrogen-bond donors (Lipinski definition) is 2. The largest absolute Gasteiger partial charge is 0.368 e. The van der Waals surface area contributed by atoms with E-state index in [1.807, 2.05) is 18.2 Å². The Morgan fingerprint density at radius 1 is 1.47 bits per heavy atom. The topological polar surface area (TPSA) is 58.4 Å². The second-order valence-electron chi connectivity index (χ2n) is 4.64. The molecule has 0 spiro atoms. The predicted molar refractivity (Wildman–Crippen MR) is 67.3 cm³/mol. The summed E-state index contributed by atoms with van der Waals surface area (Å²) < 4.78 is 0. The molecular weight excluding hydrogens is 214 g/mol. The number of carbonyl (C=O) groups excluding carboxylic acids is 1. The summed E-state index contributed by atoms with van der Waals surface area (Å²) in [5.74, 6) is -0.254. The molecule has 1 aliphatic rings. The van der Waals surface area contributed by atoms with Gasteiger partial charge in [0, 0.05) is 19.6 Å². The zero-order valence-corrected chi connectivity index (χ0v) is 10.1. The second-order valence-corrected chi connectivity index (χ2v) is 4.64. The molecule has 0 aliphatic carbocycles. The molecule has 1 aromatic rings. The SMILES string of the molecule is CNC1(C(N)=O)CCN(Cc2ccccc2)C1. The minimum absolute atomic E-state index is 0.254. The fraction of sp³-hybridized carbons (Fsp3) is 0.462. The number of benzene rings is 1. The van der Waals surface area contributed by atoms with Crippen molar-refractivity contribution in [3.05, 3.63) is 35.9 Å². The Morgan fingerprint density at radius 2 is 2.18 bits per heavy atom. The standard InChI is InChI=1S/C13H19N3O/c1-15-13(12(14)17)7-8-16(10-13)9-11-5-3-2-4-6-11/h2-6,15H,7-10H2,1H3,(H2,14,17). The van der Waals surface area contributed by atoms with Gasteiger partial charge in [-0.2, -0.15) is 0 Å². The molecule has 17 heavy (non-hydrogen) atoms. The number of amides is 1. The zero-order valence-electron chi connectivity index (χ0n) is 10.1. The van der Waals surface area contributed by atoms with E-state index in [4.69, 9.17) is 5.73 Å². The molecule has 1 amide bonds. The van der Waals surface area contributed by atoms with Crippen LogP contribution in [0.4, 0.5) is 0 Å². The van der Waals surface area contributed by atoms with Crippen LogP contribution in [0.15, 0.2) is 30.3 Å². The molecule has 0 saturated carbocycles. The normalized spacial score (nSPS) is 25.0. The highest BCUT2D eigenvalue weighted by Gasteiger charge is 2.41. The van der Waals surface area contributed by atoms with Gasteiger partial charge in [-0.1, -0.05) is 30.3 Å². The molecule has 92 valence electrons. The van der Waals surface area contributed by atoms with Crippen LogP contribution in [0, 0.1) is 0 Å². The maximum absolute atomic E-state index is 11.5. The Balaban J connectivity index is 2.01. The number of hydrogen-bond acceptors (Lipinski definition) is 3. The highest BCUT2D eigenvalue weighted by molar-refractivity contribution is 5.85. The number of nitrogens with one attached hydrogen (secondary N) is 1. The maximum Gasteiger partial charge on any atom is 0.239 e. The van der Waals surface area contributed by atoms with Gasteiger partial charge in [0.05, 0.1) is 0 Å². The first-order chi connectivity index (χ1) is 8.16. The fourth-order valence-corrected chi connectivity index (χ4v) is 2.39. The predicted octanol–water partition coefficient (Wildman–Crippen LogP) is 0.336. The molecule has 1 heterocycles. The highest BCUT2D eigenvalue weighted by Crippen LogP contribution is 2.22. The Kier molecular flexibility index (Phi) is 3.45. The summed E-state index contributed by atoms with van der Waals surface area (Å²) in [4.78, 5) is 13.7. The van der Waals surface area contributed by atoms with Gasteiger partial charge in [-0.05, 0) is 19.0 Å². The lowest BCUT2D eigenvalue weighted by molar-refractivity contribution is -0.123. The third-order valence-corrected chi connectivity index (χ3v) is 3.55. The van der Waals surface area contributed by atoms with Crippen LogP contribution >= 0.6 is 0 Å². The molecule has 1 aliphatic heterocycles. The van der Waals surface area contributed by atoms with E-state index < -0.39 is 5.54 Å². The van der Waals surface area contributed by atoms with E-state index in [1.54, 1.807) is 7.05 Å². The smallest absolute Gasteiger partial charge is 0.239 e. The minimum Gasteiger partial charge on any atom is -0.368 e. The zero-order chi connectivity index (χ0) is 12.3. The Labute approximate surface area is 102 Å². The van der Waals surface area contributed by atoms with Gasteiger partial charge in [0.2, 0.25) is 5.91 Å². The van der Waals surface area contributed by atoms with E-state index in [0.717, 1.165) is 19.5 Å². The lowest BCUT2D eigenvalue weighted by Crippen LogP contribution is -2.55. The summed E-state index contributed by atoms with van der Waals surface area (Å²) in [6.07, 6.45) is 0.783. The van der Waals surface area contributed by atoms with Crippen molar-refractivity contribution in [1.29, 1.82) is 0 Å². The van der Waals surface area contributed by atoms with Gasteiger partial charge in [-0.25, -0.2) is 0 Å². The molecular formula is C13H19N3O. The quantitative estimate of drug-likeness (QED) is 0.788. The Hall–Kier alpha value is -1.39. The van der Waals surface area contributed by atoms with E-state index in [2.05, 4.69) is 22.3 Å². The molecule has 1 fully saturated rings. The first kappa shape index (κ1) is 12.1. The molecule has 4 nitrogen and oxygen atoms in total. The number of carbonyl (C=O) groups is 1. The number of nitrogens with zero attached hydrogens (tertiary/aromatic N) is 1. The number of primary amides is 1. The van der Waals surface area contributed by atoms with Crippen molar-refractivity contribution in [2.45, 2.75) is 18.5 Å². The van der Waals surface area contributed by atoms with Crippen LogP contribution in [0.1, 0.15) is 12.0 Å². The van der Waals surface area contributed by atoms with Gasteiger partial charge in [-0.3, -0.25) is 9.69 Å². The van der Waals surface area contributed by atoms with Crippen LogP contribution in [0.3, 0.4) is 0 Å². The average Bonchev–Trinajstić information content (AvgIpc) is 2.75. The van der Waals surface area contributed by atoms with E-state index >= 15 is 0 Å². The maximum atomic E-state index is 11.5. The van der Waals surface area contributed by atoms with Gasteiger partial charge >= 0.3 is 0 Å². The van der Waals surface area contributed by atoms with Gasteiger partial charge in [0.15, 0.2) is 0 Å². The van der Waals surface area contributed by atoms with Crippen LogP contribution < -0.4 is 11.1 Å². The van der Waals surface area contributed by atoms with Crippen LogP contribution in [0.25, 0.3) is 0 Å². The number of nitrogens with two attached hydrogens (primary N) is 1. The molecule has 1 unspecified atom stereocenters. The van der Waals surface area contributed by atoms with Crippen LogP contribution in [-0.4, -0.2) is 36.5 Å². The molecule has 0 bridgehead atoms. The summed E-state index contributed by atoms with van der Waals surface area (Å²) in [5.41, 5.74) is 6.19. The molecule has 2 rings (SSSR count). The van der Waals surface area contributed by atoms with Crippen molar-refractivity contribution in [2.75, 3.05) is 20.1 Å². The first-order valence-corrected chi connectivity index (χ1v) is 5.91. The van der Waals surface area contributed by atoms with Gasteiger partial charge in [0.25, 0.3) is 0 Å². The average molecular weight is 233 g/mol. The van der Waals surface area contributed by atoms with Gasteiger partial charge < -0.3 is 11.1 Å². The van der Waals surface area contributed by atoms with Crippen LogP contribution in [-0.2, 0) is 11.3 Å². The molecule has 3 N–H and O–H groups in total. The van der Waals surface area contributed by atoms with E-state index in [9.17, 15) is 4.79 Å². The molecule has 0 radical (unpaired) electrons. The highest BCUT2D eigenvalue weighted by atomic mass is 16.1. The molecule has 1 atom stereocenters. The Morgan fingerprint density at radius 3 is 2.71 bits per heavy atom. The van der Waals surface area contributed by atoms with E-state index in [-0.39, 0.29) is 5.91 Å². The van der Waals surface area contributed by atoms with Crippen molar-refractivity contribution in [3.8, 4) is 0 Å². The van der Waals surface area contributed by atoms with Crippen molar-refractivity contribution in [1.82, 2.24) is 10.2 Å². The number of rotatable bonds is 4. The van der Waals surface area contributed by atoms with Crippen molar-refractivity contribution >= 4 is 5.91 Å². The molecule has 4 heteroatoms. The van der Waals surface area contributed by atoms with Crippen molar-refractivity contribution in [3.63, 3.8) is 0 Å². The summed E-state index contributed by atoms with van der Waals surface area (Å²) in [5, 5.41) is 3.08. The van der Waals surface area contributed by atoms with Crippen molar-refractivity contribution < 1.29 is 4.79 Å². The van der Waals surface area contributed by atoms with E-state index in [0.29, 0.717) is 6.54 Å². The summed E-state index contributed by atoms with van der Waals surface area (Å²) in [6.45, 7) is 2.46. The molecule has 0 aromatic heterocycles. The first-order valence-electron chi connectivity index (χ1n) is 5.91. The lowest BCUT2D eigenvalue weighted by atomic mass is 9.98. The third kappa shape index (κ3) is 2.48. The van der Waals surface area contributed by atoms with Crippen molar-refractivity contribution in [2.24, 2.45) is 5.73 Å². The number of likely N-dealkylation sites (N-methyl/N-ethyl adjacent to an activating group) is 1. The summed E-state index contributed by atoms with van der Waals surface area (Å²) in [7, 11) is 1.80. The van der Waals surface area contributed by atoms with Gasteiger partial charge in [-0.15, -0.1) is 0 Å². The third-order valence-electron chi connectivity index (χ3n) is 3.55. The lowest BCUT2D eigenvalue weighted by Gasteiger charge is -2.25. The minimum atomic E-state index is -0.547. The summed E-state index contributed by atoms with van der Waals surface area (Å²) >= 11 is 0.